The topological polar surface area (TPSA) is 124 Å². The number of rotatable bonds is 9. The number of imide groups is 2. The first-order valence-electron chi connectivity index (χ1n) is 10.00. The summed E-state index contributed by atoms with van der Waals surface area (Å²) in [4.78, 5) is 50.0. The van der Waals surface area contributed by atoms with Crippen LogP contribution in [0, 0.1) is 0 Å². The van der Waals surface area contributed by atoms with Crippen LogP contribution in [0.1, 0.15) is 25.2 Å². The van der Waals surface area contributed by atoms with E-state index >= 15 is 0 Å². The Balaban J connectivity index is 1.90. The second-order valence-electron chi connectivity index (χ2n) is 6.64. The van der Waals surface area contributed by atoms with E-state index in [2.05, 4.69) is 21.2 Å². The Morgan fingerprint density at radius 3 is 2.64 bits per heavy atom. The van der Waals surface area contributed by atoms with E-state index in [0.717, 1.165) is 4.90 Å². The molecule has 0 saturated carbocycles. The molecule has 4 amide bonds. The Labute approximate surface area is 197 Å². The number of carbonyl (C=O) groups excluding carboxylic acids is 4. The van der Waals surface area contributed by atoms with Crippen LogP contribution in [0.25, 0.3) is 6.08 Å². The van der Waals surface area contributed by atoms with E-state index < -0.39 is 23.8 Å². The number of esters is 1. The van der Waals surface area contributed by atoms with Gasteiger partial charge in [0.2, 0.25) is 0 Å². The zero-order valence-corrected chi connectivity index (χ0v) is 19.5. The van der Waals surface area contributed by atoms with Gasteiger partial charge in [-0.05, 0) is 65.7 Å². The minimum Gasteiger partial charge on any atom is -0.490 e. The van der Waals surface area contributed by atoms with E-state index in [1.54, 1.807) is 38.1 Å². The molecule has 0 aliphatic carbocycles. The number of hydrogen-bond acceptors (Lipinski definition) is 8. The molecule has 0 radical (unpaired) electrons. The maximum atomic E-state index is 12.9. The molecule has 1 aliphatic rings. The number of benzene rings is 1. The van der Waals surface area contributed by atoms with Crippen LogP contribution < -0.4 is 14.8 Å². The molecule has 1 aromatic heterocycles. The van der Waals surface area contributed by atoms with Gasteiger partial charge in [-0.3, -0.25) is 19.8 Å². The van der Waals surface area contributed by atoms with E-state index in [1.165, 1.54) is 12.3 Å². The van der Waals surface area contributed by atoms with Crippen molar-refractivity contribution >= 4 is 45.8 Å². The molecule has 33 heavy (non-hydrogen) atoms. The molecule has 1 saturated heterocycles. The highest BCUT2D eigenvalue weighted by molar-refractivity contribution is 9.10. The lowest BCUT2D eigenvalue weighted by Gasteiger charge is -2.25. The summed E-state index contributed by atoms with van der Waals surface area (Å²) < 4.78 is 21.6. The number of ether oxygens (including phenoxy) is 3. The van der Waals surface area contributed by atoms with E-state index in [-0.39, 0.29) is 36.8 Å². The first-order chi connectivity index (χ1) is 15.8. The first kappa shape index (κ1) is 24.1. The van der Waals surface area contributed by atoms with E-state index in [1.807, 2.05) is 0 Å². The summed E-state index contributed by atoms with van der Waals surface area (Å²) >= 11 is 3.36. The quantitative estimate of drug-likeness (QED) is 0.304. The first-order valence-corrected chi connectivity index (χ1v) is 10.8. The van der Waals surface area contributed by atoms with Crippen LogP contribution >= 0.6 is 15.9 Å². The van der Waals surface area contributed by atoms with E-state index in [9.17, 15) is 19.2 Å². The Morgan fingerprint density at radius 2 is 1.97 bits per heavy atom. The molecule has 0 unspecified atom stereocenters. The number of carbonyl (C=O) groups is 4. The lowest BCUT2D eigenvalue weighted by atomic mass is 10.1. The molecule has 2 aromatic rings. The molecule has 0 spiro atoms. The molecule has 1 fully saturated rings. The maximum absolute atomic E-state index is 12.9. The maximum Gasteiger partial charge on any atom is 0.344 e. The fourth-order valence-electron chi connectivity index (χ4n) is 2.97. The molecule has 0 bridgehead atoms. The molecule has 1 aromatic carbocycles. The van der Waals surface area contributed by atoms with Crippen LogP contribution in [0.3, 0.4) is 0 Å². The van der Waals surface area contributed by atoms with Crippen molar-refractivity contribution in [2.75, 3.05) is 19.8 Å². The third-order valence-corrected chi connectivity index (χ3v) is 4.95. The fourth-order valence-corrected chi connectivity index (χ4v) is 3.54. The van der Waals surface area contributed by atoms with Crippen molar-refractivity contribution in [3.05, 3.63) is 51.9 Å². The van der Waals surface area contributed by atoms with Gasteiger partial charge in [0.05, 0.1) is 30.5 Å². The van der Waals surface area contributed by atoms with Gasteiger partial charge in [0.25, 0.3) is 11.8 Å². The van der Waals surface area contributed by atoms with Crippen molar-refractivity contribution in [1.29, 1.82) is 0 Å². The van der Waals surface area contributed by atoms with Gasteiger partial charge in [0.1, 0.15) is 11.3 Å². The van der Waals surface area contributed by atoms with Gasteiger partial charge in [-0.1, -0.05) is 0 Å². The molecular formula is C22H21BrN2O8. The number of urea groups is 1. The highest BCUT2D eigenvalue weighted by atomic mass is 79.9. The summed E-state index contributed by atoms with van der Waals surface area (Å²) in [7, 11) is 0. The normalized spacial score (nSPS) is 14.9. The number of halogens is 1. The van der Waals surface area contributed by atoms with Crippen LogP contribution in [-0.2, 0) is 25.7 Å². The van der Waals surface area contributed by atoms with Crippen molar-refractivity contribution in [1.82, 2.24) is 10.2 Å². The molecule has 1 aliphatic heterocycles. The standard InChI is InChI=1S/C22H21BrN2O8/c1-3-30-17-10-13(9-16(23)19(17)33-12-18(26)31-4-2)8-15-20(27)24-22(29)25(21(15)28)11-14-6-5-7-32-14/h5-10H,3-4,11-12H2,1-2H3,(H,24,27,29)/b15-8+. The highest BCUT2D eigenvalue weighted by Gasteiger charge is 2.36. The van der Waals surface area contributed by atoms with Crippen molar-refractivity contribution in [2.24, 2.45) is 0 Å². The zero-order valence-electron chi connectivity index (χ0n) is 17.9. The van der Waals surface area contributed by atoms with Gasteiger partial charge < -0.3 is 18.6 Å². The van der Waals surface area contributed by atoms with Crippen molar-refractivity contribution < 1.29 is 37.8 Å². The summed E-state index contributed by atoms with van der Waals surface area (Å²) in [5.74, 6) is -1.19. The molecule has 0 atom stereocenters. The minimum atomic E-state index is -0.836. The number of furan rings is 1. The Bertz CT molecular complexity index is 1090. The van der Waals surface area contributed by atoms with E-state index in [4.69, 9.17) is 18.6 Å². The van der Waals surface area contributed by atoms with Gasteiger partial charge in [0.15, 0.2) is 18.1 Å². The predicted octanol–water partition coefficient (Wildman–Crippen LogP) is 3.04. The van der Waals surface area contributed by atoms with Crippen molar-refractivity contribution in [3.63, 3.8) is 0 Å². The van der Waals surface area contributed by atoms with Crippen LogP contribution in [0.4, 0.5) is 4.79 Å². The van der Waals surface area contributed by atoms with Gasteiger partial charge >= 0.3 is 12.0 Å². The molecule has 3 rings (SSSR count). The largest absolute Gasteiger partial charge is 0.490 e. The van der Waals surface area contributed by atoms with Crippen LogP contribution in [0.15, 0.2) is 45.0 Å². The lowest BCUT2D eigenvalue weighted by molar-refractivity contribution is -0.145. The molecular weight excluding hydrogens is 500 g/mol. The van der Waals surface area contributed by atoms with Gasteiger partial charge in [0, 0.05) is 0 Å². The Morgan fingerprint density at radius 1 is 1.18 bits per heavy atom. The Hall–Kier alpha value is -3.60. The van der Waals surface area contributed by atoms with Gasteiger partial charge in [-0.2, -0.15) is 0 Å². The molecule has 10 nitrogen and oxygen atoms in total. The number of hydrogen-bond donors (Lipinski definition) is 1. The summed E-state index contributed by atoms with van der Waals surface area (Å²) in [6, 6.07) is 5.54. The molecule has 2 heterocycles. The number of amides is 4. The third-order valence-electron chi connectivity index (χ3n) is 4.36. The molecule has 1 N–H and O–H groups in total. The molecule has 174 valence electrons. The highest BCUT2D eigenvalue weighted by Crippen LogP contribution is 2.37. The van der Waals surface area contributed by atoms with Crippen LogP contribution in [0.5, 0.6) is 11.5 Å². The predicted molar refractivity (Wildman–Crippen MR) is 118 cm³/mol. The van der Waals surface area contributed by atoms with Crippen molar-refractivity contribution in [2.45, 2.75) is 20.4 Å². The average molecular weight is 521 g/mol. The van der Waals surface area contributed by atoms with Crippen LogP contribution in [-0.4, -0.2) is 48.5 Å². The monoisotopic (exact) mass is 520 g/mol. The lowest BCUT2D eigenvalue weighted by Crippen LogP contribution is -2.53. The minimum absolute atomic E-state index is 0.128. The smallest absolute Gasteiger partial charge is 0.344 e. The molecule has 11 heteroatoms. The van der Waals surface area contributed by atoms with Crippen LogP contribution in [0.2, 0.25) is 0 Å². The van der Waals surface area contributed by atoms with E-state index in [0.29, 0.717) is 22.4 Å². The van der Waals surface area contributed by atoms with Crippen molar-refractivity contribution in [3.8, 4) is 11.5 Å². The number of nitrogens with zero attached hydrogens (tertiary/aromatic N) is 1. The summed E-state index contributed by atoms with van der Waals surface area (Å²) in [6.45, 7) is 3.53. The third kappa shape index (κ3) is 5.80. The second kappa shape index (κ2) is 10.8. The summed E-state index contributed by atoms with van der Waals surface area (Å²) in [5, 5.41) is 2.15. The second-order valence-corrected chi connectivity index (χ2v) is 7.50. The Kier molecular flexibility index (Phi) is 7.88. The summed E-state index contributed by atoms with van der Waals surface area (Å²) in [5.41, 5.74) is 0.190. The number of barbiturate groups is 1. The van der Waals surface area contributed by atoms with Gasteiger partial charge in [-0.15, -0.1) is 0 Å². The van der Waals surface area contributed by atoms with Gasteiger partial charge in [-0.25, -0.2) is 9.59 Å². The fraction of sp³-hybridized carbons (Fsp3) is 0.273. The SMILES string of the molecule is CCOC(=O)COc1c(Br)cc(/C=C2\C(=O)NC(=O)N(Cc3ccco3)C2=O)cc1OCC. The average Bonchev–Trinajstić information content (AvgIpc) is 3.27. The number of nitrogens with one attached hydrogen (secondary N) is 1. The zero-order chi connectivity index (χ0) is 24.0. The summed E-state index contributed by atoms with van der Waals surface area (Å²) in [6.07, 6.45) is 2.75.